The number of nitrogens with zero attached hydrogens (tertiary/aromatic N) is 3. The highest BCUT2D eigenvalue weighted by Crippen LogP contribution is 2.46. The summed E-state index contributed by atoms with van der Waals surface area (Å²) in [4.78, 5) is 15.1. The molecule has 5 heteroatoms. The van der Waals surface area contributed by atoms with Crippen molar-refractivity contribution in [3.8, 4) is 78.7 Å². The molecule has 0 aliphatic heterocycles. The minimum absolute atomic E-state index is 0.607. The fourth-order valence-electron chi connectivity index (χ4n) is 9.55. The predicted molar refractivity (Wildman–Crippen MR) is 292 cm³/mol. The zero-order valence-electron chi connectivity index (χ0n) is 38.1. The molecule has 0 spiro atoms. The average molecular weight is 914 g/mol. The van der Waals surface area contributed by atoms with Gasteiger partial charge in [-0.3, -0.25) is 0 Å². The summed E-state index contributed by atoms with van der Waals surface area (Å²) in [6.45, 7) is 0. The molecule has 0 radical (unpaired) electrons. The molecule has 0 unspecified atom stereocenters. The van der Waals surface area contributed by atoms with E-state index in [-0.39, 0.29) is 0 Å². The first-order chi connectivity index (χ1) is 34.5. The van der Waals surface area contributed by atoms with Gasteiger partial charge in [0.05, 0.1) is 0 Å². The molecule has 1 heterocycles. The van der Waals surface area contributed by atoms with Crippen LogP contribution in [0.25, 0.3) is 100 Å². The number of rotatable bonds is 10. The molecule has 0 amide bonds. The third kappa shape index (κ3) is 8.11. The lowest BCUT2D eigenvalue weighted by molar-refractivity contribution is 0.593. The van der Waals surface area contributed by atoms with Crippen molar-refractivity contribution < 1.29 is 4.57 Å². The minimum Gasteiger partial charge on any atom is -0.309 e. The Labute approximate surface area is 407 Å². The molecule has 70 heavy (non-hydrogen) atoms. The Bertz CT molecular complexity index is 3660. The Morgan fingerprint density at radius 3 is 0.829 bits per heavy atom. The number of fused-ring (bicyclic) bond motifs is 2. The van der Waals surface area contributed by atoms with E-state index < -0.39 is 7.14 Å². The standard InChI is InChI=1S/C65H44N3OP/c69-70(61-23-11-19-53-17-7-9-21-59(53)61,62-24-12-20-54-18-8-10-22-60(54)62)58-43-41-52(42-44-58)50-27-25-49(26-28-50)51-33-39-57(40-34-51)65-67-63(55-35-29-47(30-36-55)45-13-3-1-4-14-45)66-64(68-65)56-37-31-48(32-38-56)46-15-5-2-6-16-46/h1-44H. The zero-order chi connectivity index (χ0) is 46.9. The van der Waals surface area contributed by atoms with Crippen LogP contribution >= 0.6 is 7.14 Å². The molecule has 0 fully saturated rings. The monoisotopic (exact) mass is 913 g/mol. The molecule has 12 aromatic rings. The van der Waals surface area contributed by atoms with Gasteiger partial charge in [0.2, 0.25) is 0 Å². The van der Waals surface area contributed by atoms with Gasteiger partial charge in [-0.1, -0.05) is 267 Å². The molecule has 0 saturated carbocycles. The van der Waals surface area contributed by atoms with Crippen molar-refractivity contribution in [3.05, 3.63) is 267 Å². The highest BCUT2D eigenvalue weighted by atomic mass is 31.2. The first-order valence-electron chi connectivity index (χ1n) is 23.5. The van der Waals surface area contributed by atoms with E-state index in [1.165, 1.54) is 0 Å². The van der Waals surface area contributed by atoms with E-state index in [1.807, 2.05) is 60.7 Å². The minimum atomic E-state index is -3.33. The van der Waals surface area contributed by atoms with Gasteiger partial charge in [0, 0.05) is 32.6 Å². The summed E-state index contributed by atoms with van der Waals surface area (Å²) in [7, 11) is -3.33. The van der Waals surface area contributed by atoms with Gasteiger partial charge in [0.25, 0.3) is 0 Å². The molecule has 0 bridgehead atoms. The largest absolute Gasteiger partial charge is 0.309 e. The molecule has 0 aliphatic carbocycles. The van der Waals surface area contributed by atoms with Gasteiger partial charge in [0.1, 0.15) is 0 Å². The molecule has 330 valence electrons. The van der Waals surface area contributed by atoms with E-state index in [1.54, 1.807) is 0 Å². The Balaban J connectivity index is 0.844. The lowest BCUT2D eigenvalue weighted by Crippen LogP contribution is -2.26. The quantitative estimate of drug-likeness (QED) is 0.128. The number of hydrogen-bond donors (Lipinski definition) is 0. The van der Waals surface area contributed by atoms with E-state index >= 15 is 4.57 Å². The SMILES string of the molecule is O=P(c1ccc(-c2ccc(-c3ccc(-c4nc(-c5ccc(-c6ccccc6)cc5)nc(-c5ccc(-c6ccccc6)cc5)n4)cc3)cc2)cc1)(c1cccc2ccccc12)c1cccc2ccccc12. The Morgan fingerprint density at radius 1 is 0.229 bits per heavy atom. The number of hydrogen-bond acceptors (Lipinski definition) is 4. The first kappa shape index (κ1) is 42.5. The van der Waals surface area contributed by atoms with Gasteiger partial charge < -0.3 is 4.57 Å². The molecule has 0 aliphatic rings. The maximum Gasteiger partial charge on any atom is 0.172 e. The molecule has 1 aromatic heterocycles. The van der Waals surface area contributed by atoms with E-state index in [4.69, 9.17) is 15.0 Å². The van der Waals surface area contributed by atoms with Crippen LogP contribution in [0.3, 0.4) is 0 Å². The average Bonchev–Trinajstić information content (AvgIpc) is 3.45. The maximum absolute atomic E-state index is 16.1. The van der Waals surface area contributed by atoms with Crippen molar-refractivity contribution in [2.24, 2.45) is 0 Å². The molecule has 11 aromatic carbocycles. The van der Waals surface area contributed by atoms with Crippen LogP contribution in [0.2, 0.25) is 0 Å². The Hall–Kier alpha value is -8.82. The van der Waals surface area contributed by atoms with Crippen LogP contribution in [0.4, 0.5) is 0 Å². The van der Waals surface area contributed by atoms with E-state index in [9.17, 15) is 0 Å². The number of benzene rings is 11. The van der Waals surface area contributed by atoms with Crippen LogP contribution in [0, 0.1) is 0 Å². The van der Waals surface area contributed by atoms with Crippen LogP contribution in [-0.4, -0.2) is 15.0 Å². The Morgan fingerprint density at radius 2 is 0.486 bits per heavy atom. The van der Waals surface area contributed by atoms with Crippen molar-refractivity contribution in [1.82, 2.24) is 15.0 Å². The second-order valence-corrected chi connectivity index (χ2v) is 20.2. The topological polar surface area (TPSA) is 55.7 Å². The highest BCUT2D eigenvalue weighted by Gasteiger charge is 2.33. The zero-order valence-corrected chi connectivity index (χ0v) is 39.0. The second kappa shape index (κ2) is 18.3. The van der Waals surface area contributed by atoms with Crippen molar-refractivity contribution in [1.29, 1.82) is 0 Å². The molecule has 0 N–H and O–H groups in total. The van der Waals surface area contributed by atoms with Crippen LogP contribution in [0.5, 0.6) is 0 Å². The molecular formula is C65H44N3OP. The van der Waals surface area contributed by atoms with Crippen molar-refractivity contribution >= 4 is 44.6 Å². The van der Waals surface area contributed by atoms with Gasteiger partial charge in [-0.2, -0.15) is 0 Å². The summed E-state index contributed by atoms with van der Waals surface area (Å²) in [5.41, 5.74) is 11.6. The summed E-state index contributed by atoms with van der Waals surface area (Å²) in [6.07, 6.45) is 0. The maximum atomic E-state index is 16.1. The third-order valence-corrected chi connectivity index (χ3v) is 16.4. The van der Waals surface area contributed by atoms with Gasteiger partial charge in [0.15, 0.2) is 24.6 Å². The molecule has 0 saturated heterocycles. The number of aromatic nitrogens is 3. The molecule has 0 atom stereocenters. The predicted octanol–water partition coefficient (Wildman–Crippen LogP) is 15.5. The Kier molecular flexibility index (Phi) is 11.1. The van der Waals surface area contributed by atoms with Gasteiger partial charge in [-0.15, -0.1) is 0 Å². The van der Waals surface area contributed by atoms with Gasteiger partial charge in [-0.05, 0) is 66.1 Å². The highest BCUT2D eigenvalue weighted by molar-refractivity contribution is 7.86. The molecular weight excluding hydrogens is 870 g/mol. The first-order valence-corrected chi connectivity index (χ1v) is 25.2. The van der Waals surface area contributed by atoms with Crippen LogP contribution in [0.1, 0.15) is 0 Å². The fraction of sp³-hybridized carbons (Fsp3) is 0. The van der Waals surface area contributed by atoms with Crippen molar-refractivity contribution in [3.63, 3.8) is 0 Å². The van der Waals surface area contributed by atoms with E-state index in [0.29, 0.717) is 17.5 Å². The van der Waals surface area contributed by atoms with E-state index in [0.717, 1.165) is 98.7 Å². The summed E-state index contributed by atoms with van der Waals surface area (Å²) in [6, 6.07) is 91.8. The van der Waals surface area contributed by atoms with E-state index in [2.05, 4.69) is 206 Å². The van der Waals surface area contributed by atoms with Crippen molar-refractivity contribution in [2.45, 2.75) is 0 Å². The van der Waals surface area contributed by atoms with Gasteiger partial charge in [-0.25, -0.2) is 15.0 Å². The lowest BCUT2D eigenvalue weighted by Gasteiger charge is -2.23. The summed E-state index contributed by atoms with van der Waals surface area (Å²) in [5, 5.41) is 6.66. The summed E-state index contributed by atoms with van der Waals surface area (Å²) >= 11 is 0. The summed E-state index contributed by atoms with van der Waals surface area (Å²) in [5.74, 6) is 1.84. The smallest absolute Gasteiger partial charge is 0.172 e. The molecule has 12 rings (SSSR count). The van der Waals surface area contributed by atoms with Crippen LogP contribution in [0.15, 0.2) is 267 Å². The lowest BCUT2D eigenvalue weighted by atomic mass is 9.99. The second-order valence-electron chi connectivity index (χ2n) is 17.5. The fourth-order valence-corrected chi connectivity index (χ4v) is 12.6. The summed E-state index contributed by atoms with van der Waals surface area (Å²) < 4.78 is 16.1. The molecule has 4 nitrogen and oxygen atoms in total. The normalized spacial score (nSPS) is 11.5. The third-order valence-electron chi connectivity index (χ3n) is 13.3. The van der Waals surface area contributed by atoms with Crippen molar-refractivity contribution in [2.75, 3.05) is 0 Å². The van der Waals surface area contributed by atoms with Gasteiger partial charge >= 0.3 is 0 Å². The van der Waals surface area contributed by atoms with Crippen LogP contribution < -0.4 is 15.9 Å². The van der Waals surface area contributed by atoms with Crippen LogP contribution in [-0.2, 0) is 4.57 Å².